The smallest absolute Gasteiger partial charge is 0.416 e. The van der Waals surface area contributed by atoms with E-state index in [9.17, 15) is 13.2 Å². The molecule has 0 N–H and O–H groups in total. The number of ether oxygens (including phenoxy) is 2. The monoisotopic (exact) mass is 580 g/mol. The van der Waals surface area contributed by atoms with Gasteiger partial charge in [0.1, 0.15) is 11.6 Å². The van der Waals surface area contributed by atoms with Crippen molar-refractivity contribution < 1.29 is 22.6 Å². The first-order valence-corrected chi connectivity index (χ1v) is 14.4. The van der Waals surface area contributed by atoms with Gasteiger partial charge in [0.15, 0.2) is 0 Å². The molecule has 0 radical (unpaired) electrons. The molecular formula is C30H36ClF3N2O2S. The van der Waals surface area contributed by atoms with Crippen molar-refractivity contribution in [3.63, 3.8) is 0 Å². The molecule has 2 aromatic rings. The molecule has 3 atom stereocenters. The normalized spacial score (nSPS) is 20.3. The van der Waals surface area contributed by atoms with Crippen molar-refractivity contribution in [3.05, 3.63) is 71.3 Å². The average molecular weight is 581 g/mol. The maximum Gasteiger partial charge on any atom is 0.416 e. The van der Waals surface area contributed by atoms with Crippen LogP contribution in [0.5, 0.6) is 0 Å². The van der Waals surface area contributed by atoms with E-state index in [4.69, 9.17) is 31.1 Å². The molecule has 1 aliphatic rings. The van der Waals surface area contributed by atoms with Crippen LogP contribution >= 0.6 is 23.4 Å². The van der Waals surface area contributed by atoms with E-state index in [0.29, 0.717) is 47.8 Å². The number of hydrogen-bond donors (Lipinski definition) is 0. The van der Waals surface area contributed by atoms with Gasteiger partial charge in [-0.05, 0) is 68.5 Å². The molecule has 0 amide bonds. The predicted octanol–water partition coefficient (Wildman–Crippen LogP) is 9.23. The van der Waals surface area contributed by atoms with Crippen LogP contribution in [0.4, 0.5) is 13.2 Å². The van der Waals surface area contributed by atoms with Crippen LogP contribution in [0.25, 0.3) is 0 Å². The molecule has 9 heteroatoms. The molecule has 0 saturated carbocycles. The molecular weight excluding hydrogens is 545 g/mol. The quantitative estimate of drug-likeness (QED) is 0.263. The molecule has 0 bridgehead atoms. The van der Waals surface area contributed by atoms with Gasteiger partial charge in [0, 0.05) is 20.7 Å². The highest BCUT2D eigenvalue weighted by Crippen LogP contribution is 2.45. The molecule has 4 nitrogen and oxygen atoms in total. The Balaban J connectivity index is 2.06. The van der Waals surface area contributed by atoms with Gasteiger partial charge < -0.3 is 9.47 Å². The molecule has 39 heavy (non-hydrogen) atoms. The summed E-state index contributed by atoms with van der Waals surface area (Å²) in [7, 11) is 0. The fourth-order valence-electron chi connectivity index (χ4n) is 4.87. The van der Waals surface area contributed by atoms with E-state index in [1.165, 1.54) is 17.8 Å². The third kappa shape index (κ3) is 7.01. The first-order chi connectivity index (χ1) is 18.5. The Labute approximate surface area is 238 Å². The Bertz CT molecular complexity index is 1210. The van der Waals surface area contributed by atoms with Crippen LogP contribution in [0.1, 0.15) is 64.5 Å². The van der Waals surface area contributed by atoms with E-state index < -0.39 is 17.3 Å². The van der Waals surface area contributed by atoms with Crippen molar-refractivity contribution in [1.29, 1.82) is 0 Å². The highest BCUT2D eigenvalue weighted by Gasteiger charge is 2.49. The van der Waals surface area contributed by atoms with Gasteiger partial charge in [0.05, 0.1) is 18.8 Å². The lowest BCUT2D eigenvalue weighted by atomic mass is 9.74. The molecule has 0 aromatic heterocycles. The van der Waals surface area contributed by atoms with Gasteiger partial charge >= 0.3 is 6.18 Å². The molecule has 0 aliphatic carbocycles. The van der Waals surface area contributed by atoms with E-state index in [-0.39, 0.29) is 17.9 Å². The summed E-state index contributed by atoms with van der Waals surface area (Å²) in [5.74, 6) is 1.05. The van der Waals surface area contributed by atoms with Gasteiger partial charge in [-0.3, -0.25) is 0 Å². The summed E-state index contributed by atoms with van der Waals surface area (Å²) in [5.41, 5.74) is -0.735. The minimum Gasteiger partial charge on any atom is -0.480 e. The van der Waals surface area contributed by atoms with E-state index in [0.717, 1.165) is 22.6 Å². The number of rotatable bonds is 10. The van der Waals surface area contributed by atoms with Crippen molar-refractivity contribution >= 4 is 35.2 Å². The summed E-state index contributed by atoms with van der Waals surface area (Å²) in [6.07, 6.45) is -1.45. The first kappa shape index (κ1) is 31.1. The van der Waals surface area contributed by atoms with Gasteiger partial charge in [-0.1, -0.05) is 62.3 Å². The van der Waals surface area contributed by atoms with Crippen LogP contribution in [0.3, 0.4) is 0 Å². The first-order valence-electron chi connectivity index (χ1n) is 13.2. The SMILES string of the molecule is C=CC[C@@]1(C(CC)c2ccc(Sc3cccc(C(F)(F)F)c3)cc2Cl)N=C(OCC)[C@H](C(C)C)N=C1OCC. The third-order valence-corrected chi connectivity index (χ3v) is 7.89. The van der Waals surface area contributed by atoms with Gasteiger partial charge in [-0.25, -0.2) is 9.98 Å². The molecule has 2 aromatic carbocycles. The van der Waals surface area contributed by atoms with Crippen LogP contribution in [0.15, 0.2) is 74.9 Å². The van der Waals surface area contributed by atoms with Crippen molar-refractivity contribution in [2.45, 2.75) is 80.9 Å². The predicted molar refractivity (Wildman–Crippen MR) is 154 cm³/mol. The summed E-state index contributed by atoms with van der Waals surface area (Å²) in [6.45, 7) is 14.9. The molecule has 0 saturated heterocycles. The van der Waals surface area contributed by atoms with Crippen LogP contribution < -0.4 is 0 Å². The van der Waals surface area contributed by atoms with Crippen molar-refractivity contribution in [2.24, 2.45) is 15.9 Å². The minimum atomic E-state index is -4.40. The maximum absolute atomic E-state index is 13.2. The summed E-state index contributed by atoms with van der Waals surface area (Å²) in [5, 5.41) is 0.497. The Morgan fingerprint density at radius 1 is 1.08 bits per heavy atom. The minimum absolute atomic E-state index is 0.156. The Hall–Kier alpha value is -2.45. The largest absolute Gasteiger partial charge is 0.480 e. The summed E-state index contributed by atoms with van der Waals surface area (Å²) >= 11 is 8.10. The molecule has 1 heterocycles. The van der Waals surface area contributed by atoms with Gasteiger partial charge in [0.25, 0.3) is 0 Å². The zero-order chi connectivity index (χ0) is 28.8. The third-order valence-electron chi connectivity index (χ3n) is 6.58. The number of hydrogen-bond acceptors (Lipinski definition) is 5. The highest BCUT2D eigenvalue weighted by molar-refractivity contribution is 7.99. The topological polar surface area (TPSA) is 43.2 Å². The van der Waals surface area contributed by atoms with Crippen LogP contribution in [0.2, 0.25) is 5.02 Å². The van der Waals surface area contributed by atoms with Crippen LogP contribution in [-0.4, -0.2) is 36.6 Å². The van der Waals surface area contributed by atoms with Crippen molar-refractivity contribution in [2.75, 3.05) is 13.2 Å². The summed E-state index contributed by atoms with van der Waals surface area (Å²) < 4.78 is 51.7. The summed E-state index contributed by atoms with van der Waals surface area (Å²) in [4.78, 5) is 11.4. The molecule has 3 rings (SSSR count). The lowest BCUT2D eigenvalue weighted by Gasteiger charge is -2.41. The molecule has 1 aliphatic heterocycles. The second-order valence-electron chi connectivity index (χ2n) is 9.63. The van der Waals surface area contributed by atoms with Crippen LogP contribution in [0, 0.1) is 5.92 Å². The second kappa shape index (κ2) is 13.3. The van der Waals surface area contributed by atoms with E-state index in [2.05, 4.69) is 27.4 Å². The van der Waals surface area contributed by atoms with Crippen molar-refractivity contribution in [1.82, 2.24) is 0 Å². The maximum atomic E-state index is 13.2. The van der Waals surface area contributed by atoms with Gasteiger partial charge in [-0.2, -0.15) is 13.2 Å². The molecule has 0 spiro atoms. The number of alkyl halides is 3. The average Bonchev–Trinajstić information content (AvgIpc) is 2.87. The zero-order valence-corrected chi connectivity index (χ0v) is 24.6. The second-order valence-corrected chi connectivity index (χ2v) is 11.2. The Morgan fingerprint density at radius 2 is 1.77 bits per heavy atom. The van der Waals surface area contributed by atoms with E-state index >= 15 is 0 Å². The summed E-state index contributed by atoms with van der Waals surface area (Å²) in [6, 6.07) is 10.6. The fraction of sp³-hybridized carbons (Fsp3) is 0.467. The number of benzene rings is 2. The zero-order valence-electron chi connectivity index (χ0n) is 23.0. The molecule has 212 valence electrons. The Kier molecular flexibility index (Phi) is 10.6. The number of nitrogens with zero attached hydrogens (tertiary/aromatic N) is 2. The van der Waals surface area contributed by atoms with Crippen molar-refractivity contribution in [3.8, 4) is 0 Å². The highest BCUT2D eigenvalue weighted by atomic mass is 35.5. The van der Waals surface area contributed by atoms with E-state index in [1.54, 1.807) is 12.1 Å². The van der Waals surface area contributed by atoms with Crippen LogP contribution in [-0.2, 0) is 15.7 Å². The number of aliphatic imine (C=N–C) groups is 2. The van der Waals surface area contributed by atoms with E-state index in [1.807, 2.05) is 32.1 Å². The number of halogens is 4. The molecule has 0 fully saturated rings. The lowest BCUT2D eigenvalue weighted by Crippen LogP contribution is -2.50. The lowest BCUT2D eigenvalue weighted by molar-refractivity contribution is -0.137. The molecule has 1 unspecified atom stereocenters. The standard InChI is InChI=1S/C30H36ClF3N2O2S/c1-7-16-29(28(38-10-4)35-26(19(5)6)27(36-29)37-9-3)24(8-2)23-15-14-22(18-25(23)31)39-21-13-11-12-20(17-21)30(32,33)34/h7,11-15,17-19,24,26H,1,8-10,16H2,2-6H3/t24?,26-,29-/m0/s1. The Morgan fingerprint density at radius 3 is 2.33 bits per heavy atom. The van der Waals surface area contributed by atoms with Gasteiger partial charge in [0.2, 0.25) is 11.8 Å². The van der Waals surface area contributed by atoms with Gasteiger partial charge in [-0.15, -0.1) is 6.58 Å². The fourth-order valence-corrected chi connectivity index (χ4v) is 6.16.